The number of carbonyl (C=O) groups is 1. The second-order valence-electron chi connectivity index (χ2n) is 7.80. The Morgan fingerprint density at radius 1 is 1.25 bits per heavy atom. The molecule has 2 aliphatic rings. The molecule has 0 saturated heterocycles. The van der Waals surface area contributed by atoms with Crippen LogP contribution < -0.4 is 0 Å². The Kier molecular flexibility index (Phi) is 3.27. The Hall–Kier alpha value is -1.74. The molecule has 2 aliphatic carbocycles. The standard InChI is InChI=1S/C21H23NOS/c1-4-21(15-8-6-5-7-9-15)18-14(10-16-19(21)24-13-22-16)11-20(2,3)12-17(18)23/h5-9,13H,4,10-12H2,1-3H3/t21-/m1/s1/i13D. The van der Waals surface area contributed by atoms with Gasteiger partial charge in [-0.2, -0.15) is 0 Å². The number of hydrogen-bond acceptors (Lipinski definition) is 3. The van der Waals surface area contributed by atoms with Gasteiger partial charge in [0.1, 0.15) is 0 Å². The van der Waals surface area contributed by atoms with Crippen LogP contribution in [0, 0.1) is 5.41 Å². The van der Waals surface area contributed by atoms with Crippen molar-refractivity contribution in [2.45, 2.75) is 51.9 Å². The van der Waals surface area contributed by atoms with Crippen LogP contribution in [-0.2, 0) is 16.6 Å². The molecule has 0 N–H and O–H groups in total. The number of Topliss-reactive ketones (excluding diaryl/α,β-unsaturated/α-hetero) is 1. The third kappa shape index (κ3) is 2.14. The summed E-state index contributed by atoms with van der Waals surface area (Å²) in [5, 5.41) is 0. The summed E-state index contributed by atoms with van der Waals surface area (Å²) in [6, 6.07) is 10.3. The first-order chi connectivity index (χ1) is 11.9. The summed E-state index contributed by atoms with van der Waals surface area (Å²) in [5.41, 5.74) is 4.32. The van der Waals surface area contributed by atoms with Crippen LogP contribution in [0.5, 0.6) is 0 Å². The van der Waals surface area contributed by atoms with Gasteiger partial charge in [0.25, 0.3) is 0 Å². The average Bonchev–Trinajstić information content (AvgIpc) is 2.92. The number of rotatable bonds is 2. The second-order valence-corrected chi connectivity index (χ2v) is 8.60. The molecule has 4 rings (SSSR count). The lowest BCUT2D eigenvalue weighted by Gasteiger charge is -2.44. The third-order valence-corrected chi connectivity index (χ3v) is 6.52. The van der Waals surface area contributed by atoms with Crippen molar-refractivity contribution in [2.75, 3.05) is 0 Å². The Labute approximate surface area is 149 Å². The van der Waals surface area contributed by atoms with E-state index >= 15 is 0 Å². The normalized spacial score (nSPS) is 26.0. The van der Waals surface area contributed by atoms with Crippen LogP contribution in [0.1, 0.15) is 57.5 Å². The van der Waals surface area contributed by atoms with E-state index in [1.54, 1.807) is 0 Å². The Balaban J connectivity index is 2.04. The summed E-state index contributed by atoms with van der Waals surface area (Å²) >= 11 is 1.44. The van der Waals surface area contributed by atoms with Gasteiger partial charge in [-0.05, 0) is 23.8 Å². The molecule has 0 amide bonds. The first-order valence-electron chi connectivity index (χ1n) is 9.15. The Morgan fingerprint density at radius 2 is 2.00 bits per heavy atom. The molecule has 0 fully saturated rings. The van der Waals surface area contributed by atoms with E-state index in [0.29, 0.717) is 11.9 Å². The van der Waals surface area contributed by atoms with Crippen LogP contribution in [-0.4, -0.2) is 10.8 Å². The summed E-state index contributed by atoms with van der Waals surface area (Å²) < 4.78 is 8.10. The number of hydrogen-bond donors (Lipinski definition) is 0. The number of ketones is 1. The molecule has 0 bridgehead atoms. The lowest BCUT2D eigenvalue weighted by atomic mass is 9.59. The van der Waals surface area contributed by atoms with Crippen molar-refractivity contribution >= 4 is 17.1 Å². The lowest BCUT2D eigenvalue weighted by molar-refractivity contribution is -0.118. The number of benzene rings is 1. The smallest absolute Gasteiger partial charge is 0.160 e. The molecule has 24 heavy (non-hydrogen) atoms. The van der Waals surface area contributed by atoms with Crippen molar-refractivity contribution in [2.24, 2.45) is 5.41 Å². The van der Waals surface area contributed by atoms with E-state index in [-0.39, 0.29) is 11.2 Å². The molecule has 2 nitrogen and oxygen atoms in total. The minimum absolute atomic E-state index is 0.00338. The van der Waals surface area contributed by atoms with Gasteiger partial charge >= 0.3 is 0 Å². The van der Waals surface area contributed by atoms with E-state index in [0.717, 1.165) is 41.0 Å². The lowest BCUT2D eigenvalue weighted by Crippen LogP contribution is -2.41. The SMILES string of the molecule is [2H]c1nc2c(s1)[C@](CC)(c1ccccc1)C1=C(C2)CC(C)(C)CC1=O. The maximum absolute atomic E-state index is 13.3. The maximum Gasteiger partial charge on any atom is 0.160 e. The molecule has 0 aliphatic heterocycles. The van der Waals surface area contributed by atoms with Gasteiger partial charge in [-0.1, -0.05) is 56.7 Å². The van der Waals surface area contributed by atoms with E-state index in [1.165, 1.54) is 16.9 Å². The predicted octanol–water partition coefficient (Wildman–Crippen LogP) is 5.08. The van der Waals surface area contributed by atoms with Gasteiger partial charge in [-0.3, -0.25) is 4.79 Å². The highest BCUT2D eigenvalue weighted by Crippen LogP contribution is 2.54. The molecule has 2 aromatic rings. The maximum atomic E-state index is 13.3. The zero-order valence-electron chi connectivity index (χ0n) is 15.5. The van der Waals surface area contributed by atoms with Crippen LogP contribution >= 0.6 is 11.3 Å². The minimum atomic E-state index is -0.436. The van der Waals surface area contributed by atoms with Crippen molar-refractivity contribution in [1.29, 1.82) is 0 Å². The molecule has 1 heterocycles. The molecule has 0 radical (unpaired) electrons. The number of carbonyl (C=O) groups excluding carboxylic acids is 1. The van der Waals surface area contributed by atoms with Gasteiger partial charge < -0.3 is 0 Å². The first kappa shape index (κ1) is 14.6. The largest absolute Gasteiger partial charge is 0.294 e. The molecule has 1 aromatic heterocycles. The van der Waals surface area contributed by atoms with E-state index < -0.39 is 5.41 Å². The van der Waals surface area contributed by atoms with E-state index in [1.807, 2.05) is 18.2 Å². The molecule has 3 heteroatoms. The Morgan fingerprint density at radius 3 is 2.71 bits per heavy atom. The van der Waals surface area contributed by atoms with Gasteiger partial charge in [-0.25, -0.2) is 4.98 Å². The second kappa shape index (κ2) is 5.38. The molecule has 1 aromatic carbocycles. The molecule has 1 atom stereocenters. The van der Waals surface area contributed by atoms with Crippen LogP contribution in [0.2, 0.25) is 0 Å². The minimum Gasteiger partial charge on any atom is -0.294 e. The highest BCUT2D eigenvalue weighted by molar-refractivity contribution is 7.10. The van der Waals surface area contributed by atoms with Crippen molar-refractivity contribution in [3.05, 3.63) is 63.1 Å². The zero-order valence-corrected chi connectivity index (χ0v) is 15.3. The van der Waals surface area contributed by atoms with Crippen LogP contribution in [0.3, 0.4) is 0 Å². The van der Waals surface area contributed by atoms with Crippen LogP contribution in [0.15, 0.2) is 47.0 Å². The van der Waals surface area contributed by atoms with E-state index in [9.17, 15) is 4.79 Å². The summed E-state index contributed by atoms with van der Waals surface area (Å²) in [7, 11) is 0. The summed E-state index contributed by atoms with van der Waals surface area (Å²) in [4.78, 5) is 18.9. The molecule has 0 spiro atoms. The molecule has 0 saturated carbocycles. The summed E-state index contributed by atoms with van der Waals surface area (Å²) in [5.74, 6) is 0.280. The third-order valence-electron chi connectivity index (χ3n) is 5.55. The van der Waals surface area contributed by atoms with Gasteiger partial charge in [0.2, 0.25) is 0 Å². The van der Waals surface area contributed by atoms with Gasteiger partial charge in [0, 0.05) is 23.3 Å². The van der Waals surface area contributed by atoms with Gasteiger partial charge in [0.05, 0.1) is 18.0 Å². The van der Waals surface area contributed by atoms with Gasteiger partial charge in [0.15, 0.2) is 5.78 Å². The molecular weight excluding hydrogens is 314 g/mol. The van der Waals surface area contributed by atoms with Crippen molar-refractivity contribution in [3.63, 3.8) is 0 Å². The average molecular weight is 338 g/mol. The first-order valence-corrected chi connectivity index (χ1v) is 9.47. The number of aromatic nitrogens is 1. The van der Waals surface area contributed by atoms with E-state index in [4.69, 9.17) is 1.37 Å². The predicted molar refractivity (Wildman–Crippen MR) is 98.4 cm³/mol. The molecule has 124 valence electrons. The topological polar surface area (TPSA) is 30.0 Å². The summed E-state index contributed by atoms with van der Waals surface area (Å²) in [6.45, 7) is 6.51. The number of allylic oxidation sites excluding steroid dienone is 2. The highest BCUT2D eigenvalue weighted by Gasteiger charge is 2.49. The summed E-state index contributed by atoms with van der Waals surface area (Å²) in [6.07, 6.45) is 3.08. The van der Waals surface area contributed by atoms with Crippen LogP contribution in [0.4, 0.5) is 0 Å². The zero-order chi connectivity index (χ0) is 17.8. The van der Waals surface area contributed by atoms with E-state index in [2.05, 4.69) is 37.9 Å². The quantitative estimate of drug-likeness (QED) is 0.764. The van der Waals surface area contributed by atoms with Crippen molar-refractivity contribution < 1.29 is 6.17 Å². The van der Waals surface area contributed by atoms with Gasteiger partial charge in [-0.15, -0.1) is 11.3 Å². The van der Waals surface area contributed by atoms with Crippen LogP contribution in [0.25, 0.3) is 0 Å². The number of nitrogens with zero attached hydrogens (tertiary/aromatic N) is 1. The van der Waals surface area contributed by atoms with Crippen molar-refractivity contribution in [1.82, 2.24) is 4.98 Å². The highest BCUT2D eigenvalue weighted by atomic mass is 32.1. The fourth-order valence-corrected chi connectivity index (χ4v) is 5.70. The molecule has 0 unspecified atom stereocenters. The fourth-order valence-electron chi connectivity index (χ4n) is 4.68. The number of fused-ring (bicyclic) bond motifs is 1. The fraction of sp³-hybridized carbons (Fsp3) is 0.429. The monoisotopic (exact) mass is 338 g/mol. The van der Waals surface area contributed by atoms with Crippen molar-refractivity contribution in [3.8, 4) is 0 Å². The molecular formula is C21H23NOS. The Bertz CT molecular complexity index is 881. The number of thiazole rings is 1.